The van der Waals surface area contributed by atoms with Gasteiger partial charge in [-0.3, -0.25) is 0 Å². The molecule has 0 bridgehead atoms. The molecule has 10 heteroatoms. The lowest BCUT2D eigenvalue weighted by Gasteiger charge is -2.22. The summed E-state index contributed by atoms with van der Waals surface area (Å²) in [4.78, 5) is 37.8. The highest BCUT2D eigenvalue weighted by Gasteiger charge is 2.28. The zero-order valence-electron chi connectivity index (χ0n) is 16.1. The van der Waals surface area contributed by atoms with E-state index in [4.69, 9.17) is 9.47 Å². The molecule has 0 aliphatic carbocycles. The van der Waals surface area contributed by atoms with Crippen molar-refractivity contribution in [3.63, 3.8) is 0 Å². The number of alkyl carbamates (subject to hydrolysis) is 1. The van der Waals surface area contributed by atoms with E-state index in [2.05, 4.69) is 10.3 Å². The lowest BCUT2D eigenvalue weighted by molar-refractivity contribution is -0.390. The number of amides is 1. The quantitative estimate of drug-likeness (QED) is 0.530. The maximum atomic E-state index is 11.9. The molecule has 0 unspecified atom stereocenters. The van der Waals surface area contributed by atoms with E-state index < -0.39 is 34.4 Å². The standard InChI is InChI=1S/C19H21N3O7/c1-19(2,3)29-18(25)21-15(17(23)24)10-12-9-14(11-20-16(12)22(26)27)28-13-7-5-4-6-8-13/h4-9,11,15H,10H2,1-3H3,(H,21,25)(H,23,24)/t15-/m0/s1. The Bertz CT molecular complexity index is 894. The average Bonchev–Trinajstić information content (AvgIpc) is 2.60. The van der Waals surface area contributed by atoms with Crippen LogP contribution in [-0.2, 0) is 16.0 Å². The number of carbonyl (C=O) groups excluding carboxylic acids is 1. The monoisotopic (exact) mass is 403 g/mol. The number of nitro groups is 1. The zero-order valence-corrected chi connectivity index (χ0v) is 16.1. The van der Waals surface area contributed by atoms with E-state index in [0.29, 0.717) is 5.75 Å². The Morgan fingerprint density at radius 1 is 1.24 bits per heavy atom. The van der Waals surface area contributed by atoms with E-state index in [1.807, 2.05) is 0 Å². The first-order valence-corrected chi connectivity index (χ1v) is 8.63. The second kappa shape index (κ2) is 9.00. The molecule has 2 aromatic rings. The molecule has 0 spiro atoms. The van der Waals surface area contributed by atoms with E-state index in [1.165, 1.54) is 12.3 Å². The van der Waals surface area contributed by atoms with Crippen molar-refractivity contribution in [1.29, 1.82) is 0 Å². The Morgan fingerprint density at radius 2 is 1.90 bits per heavy atom. The molecule has 29 heavy (non-hydrogen) atoms. The summed E-state index contributed by atoms with van der Waals surface area (Å²) in [6, 6.07) is 8.53. The fraction of sp³-hybridized carbons (Fsp3) is 0.316. The van der Waals surface area contributed by atoms with Crippen molar-refractivity contribution >= 4 is 17.9 Å². The summed E-state index contributed by atoms with van der Waals surface area (Å²) in [5, 5.41) is 22.9. The highest BCUT2D eigenvalue weighted by Crippen LogP contribution is 2.26. The second-order valence-corrected chi connectivity index (χ2v) is 7.07. The van der Waals surface area contributed by atoms with Gasteiger partial charge >= 0.3 is 17.9 Å². The van der Waals surface area contributed by atoms with Gasteiger partial charge in [-0.25, -0.2) is 9.59 Å². The maximum absolute atomic E-state index is 11.9. The molecule has 1 heterocycles. The number of para-hydroxylation sites is 1. The Kier molecular flexibility index (Phi) is 6.71. The molecular weight excluding hydrogens is 382 g/mol. The summed E-state index contributed by atoms with van der Waals surface area (Å²) in [5.74, 6) is -1.23. The van der Waals surface area contributed by atoms with Gasteiger partial charge in [0.15, 0.2) is 11.9 Å². The molecule has 154 valence electrons. The van der Waals surface area contributed by atoms with Gasteiger partial charge in [0.2, 0.25) is 0 Å². The minimum atomic E-state index is -1.46. The first-order chi connectivity index (χ1) is 13.5. The van der Waals surface area contributed by atoms with Crippen molar-refractivity contribution in [3.8, 4) is 11.5 Å². The third-order valence-electron chi connectivity index (χ3n) is 3.48. The number of carboxylic acid groups (broad SMARTS) is 1. The van der Waals surface area contributed by atoms with Crippen molar-refractivity contribution in [2.45, 2.75) is 38.8 Å². The molecule has 0 aliphatic rings. The number of aromatic nitrogens is 1. The number of nitrogens with zero attached hydrogens (tertiary/aromatic N) is 2. The maximum Gasteiger partial charge on any atom is 0.408 e. The number of nitrogens with one attached hydrogen (secondary N) is 1. The van der Waals surface area contributed by atoms with Crippen LogP contribution in [-0.4, -0.2) is 38.7 Å². The number of carboxylic acids is 1. The van der Waals surface area contributed by atoms with E-state index in [1.54, 1.807) is 51.1 Å². The molecule has 0 saturated heterocycles. The molecule has 1 aromatic carbocycles. The van der Waals surface area contributed by atoms with Crippen LogP contribution in [0.25, 0.3) is 0 Å². The largest absolute Gasteiger partial charge is 0.480 e. The van der Waals surface area contributed by atoms with E-state index in [-0.39, 0.29) is 17.7 Å². The number of benzene rings is 1. The van der Waals surface area contributed by atoms with E-state index >= 15 is 0 Å². The molecule has 0 saturated carbocycles. The van der Waals surface area contributed by atoms with Crippen LogP contribution in [0.15, 0.2) is 42.6 Å². The molecule has 0 aliphatic heterocycles. The molecule has 1 aromatic heterocycles. The van der Waals surface area contributed by atoms with Gasteiger partial charge in [0, 0.05) is 6.42 Å². The SMILES string of the molecule is CC(C)(C)OC(=O)N[C@@H](Cc1cc(Oc2ccccc2)cnc1[N+](=O)[O-])C(=O)O. The lowest BCUT2D eigenvalue weighted by Crippen LogP contribution is -2.44. The van der Waals surface area contributed by atoms with Crippen LogP contribution in [0, 0.1) is 10.1 Å². The van der Waals surface area contributed by atoms with Crippen LogP contribution in [0.2, 0.25) is 0 Å². The van der Waals surface area contributed by atoms with Crippen molar-refractivity contribution in [3.05, 3.63) is 58.3 Å². The topological polar surface area (TPSA) is 141 Å². The predicted molar refractivity (Wildman–Crippen MR) is 102 cm³/mol. The third kappa shape index (κ3) is 6.76. The Balaban J connectivity index is 2.26. The van der Waals surface area contributed by atoms with E-state index in [9.17, 15) is 24.8 Å². The molecule has 1 atom stereocenters. The van der Waals surface area contributed by atoms with Gasteiger partial charge in [0.05, 0.1) is 5.56 Å². The van der Waals surface area contributed by atoms with Gasteiger partial charge in [0.25, 0.3) is 0 Å². The minimum Gasteiger partial charge on any atom is -0.480 e. The Hall–Kier alpha value is -3.69. The number of hydrogen-bond acceptors (Lipinski definition) is 7. The molecule has 10 nitrogen and oxygen atoms in total. The number of pyridine rings is 1. The van der Waals surface area contributed by atoms with Crippen LogP contribution in [0.5, 0.6) is 11.5 Å². The molecule has 2 N–H and O–H groups in total. The molecule has 2 rings (SSSR count). The van der Waals surface area contributed by atoms with Crippen molar-refractivity contribution in [2.75, 3.05) is 0 Å². The van der Waals surface area contributed by atoms with Crippen LogP contribution >= 0.6 is 0 Å². The van der Waals surface area contributed by atoms with Gasteiger partial charge in [-0.05, 0) is 48.9 Å². The first kappa shape index (κ1) is 21.6. The molecule has 0 radical (unpaired) electrons. The highest BCUT2D eigenvalue weighted by molar-refractivity contribution is 5.80. The molecule has 1 amide bonds. The Morgan fingerprint density at radius 3 is 2.45 bits per heavy atom. The van der Waals surface area contributed by atoms with Crippen LogP contribution < -0.4 is 10.1 Å². The Labute approximate surface area is 166 Å². The number of rotatable bonds is 7. The predicted octanol–water partition coefficient (Wildman–Crippen LogP) is 3.30. The van der Waals surface area contributed by atoms with Gasteiger partial charge in [-0.1, -0.05) is 18.2 Å². The van der Waals surface area contributed by atoms with Gasteiger partial charge in [0.1, 0.15) is 17.4 Å². The zero-order chi connectivity index (χ0) is 21.6. The molecule has 0 fully saturated rings. The number of ether oxygens (including phenoxy) is 2. The summed E-state index contributed by atoms with van der Waals surface area (Å²) < 4.78 is 10.6. The van der Waals surface area contributed by atoms with E-state index in [0.717, 1.165) is 0 Å². The summed E-state index contributed by atoms with van der Waals surface area (Å²) in [6.07, 6.45) is -0.160. The highest BCUT2D eigenvalue weighted by atomic mass is 16.6. The first-order valence-electron chi connectivity index (χ1n) is 8.63. The van der Waals surface area contributed by atoms with Gasteiger partial charge in [-0.15, -0.1) is 0 Å². The summed E-state index contributed by atoms with van der Waals surface area (Å²) in [5.41, 5.74) is -0.837. The number of aliphatic carboxylic acids is 1. The van der Waals surface area contributed by atoms with Crippen molar-refractivity contribution < 1.29 is 29.1 Å². The van der Waals surface area contributed by atoms with Crippen molar-refractivity contribution in [1.82, 2.24) is 10.3 Å². The second-order valence-electron chi connectivity index (χ2n) is 7.07. The van der Waals surface area contributed by atoms with Crippen LogP contribution in [0.3, 0.4) is 0 Å². The smallest absolute Gasteiger partial charge is 0.408 e. The van der Waals surface area contributed by atoms with Crippen molar-refractivity contribution in [2.24, 2.45) is 0 Å². The van der Waals surface area contributed by atoms with Crippen LogP contribution in [0.1, 0.15) is 26.3 Å². The minimum absolute atomic E-state index is 0.00751. The van der Waals surface area contributed by atoms with Gasteiger partial charge in [-0.2, -0.15) is 0 Å². The fourth-order valence-corrected chi connectivity index (χ4v) is 2.35. The van der Waals surface area contributed by atoms with Gasteiger partial charge < -0.3 is 30.0 Å². The molecular formula is C19H21N3O7. The third-order valence-corrected chi connectivity index (χ3v) is 3.48. The fourth-order valence-electron chi connectivity index (χ4n) is 2.35. The number of hydrogen-bond donors (Lipinski definition) is 2. The number of carbonyl (C=O) groups is 2. The van der Waals surface area contributed by atoms with Crippen LogP contribution in [0.4, 0.5) is 10.6 Å². The lowest BCUT2D eigenvalue weighted by atomic mass is 10.1. The summed E-state index contributed by atoms with van der Waals surface area (Å²) in [6.45, 7) is 4.88. The average molecular weight is 403 g/mol. The summed E-state index contributed by atoms with van der Waals surface area (Å²) in [7, 11) is 0. The summed E-state index contributed by atoms with van der Waals surface area (Å²) >= 11 is 0. The normalized spacial score (nSPS) is 12.0.